The molecular formula is C11H19N3O2. The van der Waals surface area contributed by atoms with Gasteiger partial charge in [0.1, 0.15) is 6.26 Å². The van der Waals surface area contributed by atoms with Gasteiger partial charge in [-0.3, -0.25) is 10.1 Å². The molecule has 0 saturated carbocycles. The number of aryl methyl sites for hydroxylation is 1. The smallest absolute Gasteiger partial charge is 0.301 e. The topological polar surface area (TPSA) is 81.2 Å². The first-order valence-corrected chi connectivity index (χ1v) is 5.46. The molecule has 0 aliphatic heterocycles. The zero-order chi connectivity index (χ0) is 12.1. The second-order valence-electron chi connectivity index (χ2n) is 4.35. The summed E-state index contributed by atoms with van der Waals surface area (Å²) >= 11 is 0. The van der Waals surface area contributed by atoms with Crippen molar-refractivity contribution in [3.63, 3.8) is 0 Å². The van der Waals surface area contributed by atoms with Crippen LogP contribution in [0, 0.1) is 18.8 Å². The second kappa shape index (κ2) is 5.65. The van der Waals surface area contributed by atoms with Crippen LogP contribution in [-0.2, 0) is 4.79 Å². The molecule has 1 heterocycles. The number of amides is 1. The van der Waals surface area contributed by atoms with Crippen LogP contribution in [0.25, 0.3) is 0 Å². The maximum Gasteiger partial charge on any atom is 0.301 e. The molecule has 5 nitrogen and oxygen atoms in total. The summed E-state index contributed by atoms with van der Waals surface area (Å²) in [7, 11) is 0. The van der Waals surface area contributed by atoms with Crippen LogP contribution in [0.3, 0.4) is 0 Å². The molecule has 0 saturated heterocycles. The highest BCUT2D eigenvalue weighted by molar-refractivity contribution is 5.90. The van der Waals surface area contributed by atoms with Gasteiger partial charge in [0.15, 0.2) is 0 Å². The van der Waals surface area contributed by atoms with E-state index in [-0.39, 0.29) is 17.8 Å². The molecule has 0 aromatic carbocycles. The summed E-state index contributed by atoms with van der Waals surface area (Å²) in [5.41, 5.74) is 6.31. The van der Waals surface area contributed by atoms with Gasteiger partial charge in [-0.15, -0.1) is 0 Å². The molecule has 3 N–H and O–H groups in total. The largest absolute Gasteiger partial charge is 0.432 e. The Morgan fingerprint density at radius 1 is 1.62 bits per heavy atom. The number of oxazole rings is 1. The van der Waals surface area contributed by atoms with Crippen molar-refractivity contribution in [3.05, 3.63) is 12.0 Å². The van der Waals surface area contributed by atoms with Crippen molar-refractivity contribution >= 4 is 11.9 Å². The highest BCUT2D eigenvalue weighted by atomic mass is 16.4. The van der Waals surface area contributed by atoms with Gasteiger partial charge in [-0.25, -0.2) is 0 Å². The average molecular weight is 225 g/mol. The van der Waals surface area contributed by atoms with Crippen LogP contribution >= 0.6 is 0 Å². The molecule has 1 rings (SSSR count). The number of carbonyl (C=O) groups excluding carboxylic acids is 1. The number of rotatable bonds is 5. The zero-order valence-electron chi connectivity index (χ0n) is 9.99. The minimum atomic E-state index is -0.188. The van der Waals surface area contributed by atoms with Crippen LogP contribution in [0.2, 0.25) is 0 Å². The Morgan fingerprint density at radius 3 is 2.75 bits per heavy atom. The maximum atomic E-state index is 11.8. The number of nitrogens with two attached hydrogens (primary N) is 1. The Balaban J connectivity index is 2.55. The Hall–Kier alpha value is -1.36. The average Bonchev–Trinajstić information content (AvgIpc) is 2.60. The summed E-state index contributed by atoms with van der Waals surface area (Å²) in [5.74, 6) is 0.121. The lowest BCUT2D eigenvalue weighted by atomic mass is 9.96. The van der Waals surface area contributed by atoms with Gasteiger partial charge >= 0.3 is 6.01 Å². The third-order valence-electron chi connectivity index (χ3n) is 2.26. The van der Waals surface area contributed by atoms with Crippen LogP contribution in [0.5, 0.6) is 0 Å². The number of nitrogens with one attached hydrogen (secondary N) is 1. The van der Waals surface area contributed by atoms with E-state index in [4.69, 9.17) is 10.2 Å². The van der Waals surface area contributed by atoms with Crippen LogP contribution in [0.15, 0.2) is 10.7 Å². The molecule has 0 bridgehead atoms. The van der Waals surface area contributed by atoms with Gasteiger partial charge < -0.3 is 10.2 Å². The van der Waals surface area contributed by atoms with Crippen LogP contribution in [0.1, 0.15) is 26.0 Å². The van der Waals surface area contributed by atoms with Crippen LogP contribution in [-0.4, -0.2) is 17.4 Å². The number of nitrogens with zero attached hydrogens (tertiary/aromatic N) is 1. The van der Waals surface area contributed by atoms with E-state index in [0.29, 0.717) is 12.5 Å². The van der Waals surface area contributed by atoms with Gasteiger partial charge in [0.2, 0.25) is 5.91 Å². The maximum absolute atomic E-state index is 11.8. The monoisotopic (exact) mass is 225 g/mol. The normalized spacial score (nSPS) is 12.8. The minimum absolute atomic E-state index is 0.127. The first-order valence-electron chi connectivity index (χ1n) is 5.46. The van der Waals surface area contributed by atoms with E-state index in [2.05, 4.69) is 24.1 Å². The molecule has 16 heavy (non-hydrogen) atoms. The Kier molecular flexibility index (Phi) is 4.49. The third-order valence-corrected chi connectivity index (χ3v) is 2.26. The molecule has 1 aromatic rings. The number of hydrogen-bond donors (Lipinski definition) is 2. The van der Waals surface area contributed by atoms with Crippen molar-refractivity contribution in [2.45, 2.75) is 27.2 Å². The highest BCUT2D eigenvalue weighted by Gasteiger charge is 2.19. The summed E-state index contributed by atoms with van der Waals surface area (Å²) in [4.78, 5) is 15.8. The van der Waals surface area contributed by atoms with Gasteiger partial charge in [-0.2, -0.15) is 4.98 Å². The third kappa shape index (κ3) is 3.66. The standard InChI is InChI=1S/C11H19N3O2/c1-7(2)4-9(5-12)10(15)14-11-13-8(3)6-16-11/h6-7,9H,4-5,12H2,1-3H3,(H,13,14,15). The molecule has 1 atom stereocenters. The number of hydrogen-bond acceptors (Lipinski definition) is 4. The fraction of sp³-hybridized carbons (Fsp3) is 0.636. The number of carbonyl (C=O) groups is 1. The lowest BCUT2D eigenvalue weighted by Crippen LogP contribution is -2.30. The van der Waals surface area contributed by atoms with Crippen molar-refractivity contribution in [1.29, 1.82) is 0 Å². The van der Waals surface area contributed by atoms with Crippen molar-refractivity contribution < 1.29 is 9.21 Å². The van der Waals surface area contributed by atoms with Crippen LogP contribution in [0.4, 0.5) is 6.01 Å². The highest BCUT2D eigenvalue weighted by Crippen LogP contribution is 2.14. The van der Waals surface area contributed by atoms with E-state index in [1.165, 1.54) is 6.26 Å². The summed E-state index contributed by atoms with van der Waals surface area (Å²) in [6.45, 7) is 6.26. The molecule has 0 fully saturated rings. The van der Waals surface area contributed by atoms with Crippen molar-refractivity contribution in [2.24, 2.45) is 17.6 Å². The van der Waals surface area contributed by atoms with E-state index < -0.39 is 0 Å². The van der Waals surface area contributed by atoms with Gasteiger partial charge in [0.05, 0.1) is 11.6 Å². The fourth-order valence-electron chi connectivity index (χ4n) is 1.50. The quantitative estimate of drug-likeness (QED) is 0.796. The SMILES string of the molecule is Cc1coc(NC(=O)C(CN)CC(C)C)n1. The van der Waals surface area contributed by atoms with Crippen molar-refractivity contribution in [2.75, 3.05) is 11.9 Å². The summed E-state index contributed by atoms with van der Waals surface area (Å²) in [6.07, 6.45) is 2.26. The zero-order valence-corrected chi connectivity index (χ0v) is 9.99. The molecular weight excluding hydrogens is 206 g/mol. The Morgan fingerprint density at radius 2 is 2.31 bits per heavy atom. The van der Waals surface area contributed by atoms with Gasteiger partial charge in [-0.1, -0.05) is 13.8 Å². The Labute approximate surface area is 95.4 Å². The first kappa shape index (κ1) is 12.7. The lowest BCUT2D eigenvalue weighted by Gasteiger charge is -2.15. The second-order valence-corrected chi connectivity index (χ2v) is 4.35. The van der Waals surface area contributed by atoms with Crippen molar-refractivity contribution in [1.82, 2.24) is 4.98 Å². The minimum Gasteiger partial charge on any atom is -0.432 e. The summed E-state index contributed by atoms with van der Waals surface area (Å²) in [5, 5.41) is 2.62. The molecule has 90 valence electrons. The van der Waals surface area contributed by atoms with Gasteiger partial charge in [-0.05, 0) is 19.3 Å². The Bertz CT molecular complexity index is 347. The number of anilines is 1. The van der Waals surface area contributed by atoms with Gasteiger partial charge in [0.25, 0.3) is 0 Å². The predicted molar refractivity (Wildman–Crippen MR) is 61.9 cm³/mol. The lowest BCUT2D eigenvalue weighted by molar-refractivity contribution is -0.120. The summed E-state index contributed by atoms with van der Waals surface area (Å²) in [6, 6.07) is 0.240. The molecule has 1 unspecified atom stereocenters. The molecule has 0 aliphatic carbocycles. The molecule has 5 heteroatoms. The fourth-order valence-corrected chi connectivity index (χ4v) is 1.50. The van der Waals surface area contributed by atoms with E-state index in [9.17, 15) is 4.79 Å². The van der Waals surface area contributed by atoms with E-state index in [1.807, 2.05) is 0 Å². The van der Waals surface area contributed by atoms with E-state index in [0.717, 1.165) is 12.1 Å². The summed E-state index contributed by atoms with van der Waals surface area (Å²) < 4.78 is 5.05. The van der Waals surface area contributed by atoms with Gasteiger partial charge in [0, 0.05) is 6.54 Å². The molecule has 0 radical (unpaired) electrons. The molecule has 0 spiro atoms. The van der Waals surface area contributed by atoms with E-state index in [1.54, 1.807) is 6.92 Å². The van der Waals surface area contributed by atoms with Crippen LogP contribution < -0.4 is 11.1 Å². The molecule has 1 amide bonds. The number of aromatic nitrogens is 1. The first-order chi connectivity index (χ1) is 7.52. The predicted octanol–water partition coefficient (Wildman–Crippen LogP) is 1.54. The van der Waals surface area contributed by atoms with Crippen molar-refractivity contribution in [3.8, 4) is 0 Å². The molecule has 0 aliphatic rings. The molecule has 1 aromatic heterocycles. The van der Waals surface area contributed by atoms with E-state index >= 15 is 0 Å².